The number of alkyl halides is 6. The quantitative estimate of drug-likeness (QED) is 0.450. The number of para-hydroxylation sites is 1. The van der Waals surface area contributed by atoms with Gasteiger partial charge in [-0.2, -0.15) is 31.6 Å². The molecule has 0 aliphatic carbocycles. The van der Waals surface area contributed by atoms with Crippen molar-refractivity contribution in [3.05, 3.63) is 65.2 Å². The highest BCUT2D eigenvalue weighted by atomic mass is 19.4. The van der Waals surface area contributed by atoms with Gasteiger partial charge in [-0.05, 0) is 43.2 Å². The Labute approximate surface area is 202 Å². The highest BCUT2D eigenvalue weighted by Crippen LogP contribution is 2.40. The lowest BCUT2D eigenvalue weighted by Gasteiger charge is -2.43. The van der Waals surface area contributed by atoms with E-state index >= 15 is 0 Å². The summed E-state index contributed by atoms with van der Waals surface area (Å²) < 4.78 is 79.4. The second-order valence-corrected chi connectivity index (χ2v) is 8.68. The zero-order valence-corrected chi connectivity index (χ0v) is 18.7. The van der Waals surface area contributed by atoms with E-state index in [1.165, 1.54) is 4.90 Å². The third-order valence-corrected chi connectivity index (χ3v) is 6.56. The summed E-state index contributed by atoms with van der Waals surface area (Å²) in [6.45, 7) is -0.123. The van der Waals surface area contributed by atoms with Crippen LogP contribution in [0.4, 0.5) is 32.0 Å². The van der Waals surface area contributed by atoms with Gasteiger partial charge in [0, 0.05) is 24.3 Å². The summed E-state index contributed by atoms with van der Waals surface area (Å²) in [4.78, 5) is 30.7. The van der Waals surface area contributed by atoms with Crippen LogP contribution in [0.25, 0.3) is 0 Å². The molecule has 0 radical (unpaired) electrons. The number of amides is 2. The summed E-state index contributed by atoms with van der Waals surface area (Å²) in [5, 5.41) is 9.11. The highest BCUT2D eigenvalue weighted by molar-refractivity contribution is 5.96. The summed E-state index contributed by atoms with van der Waals surface area (Å²) in [7, 11) is 0. The van der Waals surface area contributed by atoms with Gasteiger partial charge < -0.3 is 14.7 Å². The van der Waals surface area contributed by atoms with Crippen LogP contribution in [0.15, 0.2) is 48.5 Å². The zero-order valence-electron chi connectivity index (χ0n) is 18.7. The topological polar surface area (TPSA) is 67.7 Å². The van der Waals surface area contributed by atoms with E-state index in [9.17, 15) is 35.9 Å². The van der Waals surface area contributed by atoms with Crippen molar-refractivity contribution in [1.82, 2.24) is 9.80 Å². The normalized spacial score (nSPS) is 18.0. The molecular formula is C24H20F6N4O2. The van der Waals surface area contributed by atoms with Gasteiger partial charge in [-0.3, -0.25) is 9.59 Å². The van der Waals surface area contributed by atoms with Gasteiger partial charge in [0.25, 0.3) is 11.8 Å². The van der Waals surface area contributed by atoms with Crippen molar-refractivity contribution >= 4 is 17.5 Å². The van der Waals surface area contributed by atoms with Gasteiger partial charge >= 0.3 is 12.4 Å². The number of likely N-dealkylation sites (tertiary alicyclic amines) is 1. The number of rotatable bonds is 3. The Balaban J connectivity index is 1.61. The van der Waals surface area contributed by atoms with Crippen molar-refractivity contribution in [3.63, 3.8) is 0 Å². The van der Waals surface area contributed by atoms with E-state index in [-0.39, 0.29) is 51.1 Å². The van der Waals surface area contributed by atoms with Gasteiger partial charge in [0.15, 0.2) is 0 Å². The van der Waals surface area contributed by atoms with E-state index in [0.29, 0.717) is 12.1 Å². The fourth-order valence-electron chi connectivity index (χ4n) is 4.75. The Morgan fingerprint density at radius 1 is 0.944 bits per heavy atom. The SMILES string of the molecule is N#CCN1CN(c2ccccc2)C2(CCN(C(=O)c3cc(C(F)(F)F)cc(C(F)(F)F)c3)CC2)C1=O. The predicted octanol–water partition coefficient (Wildman–Crippen LogP) is 4.53. The minimum Gasteiger partial charge on any atom is -0.339 e. The summed E-state index contributed by atoms with van der Waals surface area (Å²) >= 11 is 0. The molecule has 190 valence electrons. The van der Waals surface area contributed by atoms with Crippen LogP contribution >= 0.6 is 0 Å². The summed E-state index contributed by atoms with van der Waals surface area (Å²) in [6, 6.07) is 11.7. The minimum absolute atomic E-state index is 0.0271. The average molecular weight is 510 g/mol. The molecule has 0 bridgehead atoms. The molecule has 1 spiro atoms. The maximum atomic E-state index is 13.3. The first-order valence-corrected chi connectivity index (χ1v) is 10.9. The second-order valence-electron chi connectivity index (χ2n) is 8.68. The molecule has 4 rings (SSSR count). The summed E-state index contributed by atoms with van der Waals surface area (Å²) in [5.41, 5.74) is -4.22. The average Bonchev–Trinajstić information content (AvgIpc) is 3.10. The van der Waals surface area contributed by atoms with Crippen molar-refractivity contribution in [2.75, 3.05) is 31.2 Å². The first-order chi connectivity index (χ1) is 16.9. The number of carbonyl (C=O) groups excluding carboxylic acids is 2. The molecule has 0 aromatic heterocycles. The molecule has 6 nitrogen and oxygen atoms in total. The Morgan fingerprint density at radius 3 is 2.00 bits per heavy atom. The molecule has 2 aromatic carbocycles. The van der Waals surface area contributed by atoms with Gasteiger partial charge in [0.2, 0.25) is 0 Å². The molecular weight excluding hydrogens is 490 g/mol. The number of anilines is 1. The van der Waals surface area contributed by atoms with Crippen LogP contribution < -0.4 is 4.90 Å². The Bertz CT molecular complexity index is 1170. The van der Waals surface area contributed by atoms with Gasteiger partial charge in [-0.25, -0.2) is 0 Å². The number of benzene rings is 2. The molecule has 12 heteroatoms. The van der Waals surface area contributed by atoms with Crippen LogP contribution in [-0.2, 0) is 17.1 Å². The Morgan fingerprint density at radius 2 is 1.50 bits per heavy atom. The Kier molecular flexibility index (Phi) is 6.36. The lowest BCUT2D eigenvalue weighted by atomic mass is 9.85. The summed E-state index contributed by atoms with van der Waals surface area (Å²) in [6.07, 6.45) is -9.95. The van der Waals surface area contributed by atoms with Crippen molar-refractivity contribution in [1.29, 1.82) is 5.26 Å². The molecule has 2 aliphatic heterocycles. The van der Waals surface area contributed by atoms with Gasteiger partial charge in [-0.1, -0.05) is 18.2 Å². The number of piperidine rings is 1. The molecule has 36 heavy (non-hydrogen) atoms. The molecule has 2 aliphatic rings. The number of hydrogen-bond donors (Lipinski definition) is 0. The van der Waals surface area contributed by atoms with Crippen LogP contribution in [-0.4, -0.2) is 53.5 Å². The molecule has 0 saturated carbocycles. The largest absolute Gasteiger partial charge is 0.416 e. The van der Waals surface area contributed by atoms with Gasteiger partial charge in [0.05, 0.1) is 23.9 Å². The van der Waals surface area contributed by atoms with Crippen molar-refractivity contribution in [2.24, 2.45) is 0 Å². The number of carbonyl (C=O) groups is 2. The molecule has 2 amide bonds. The van der Waals surface area contributed by atoms with Crippen LogP contribution in [0.3, 0.4) is 0 Å². The number of hydrogen-bond acceptors (Lipinski definition) is 4. The fraction of sp³-hybridized carbons (Fsp3) is 0.375. The van der Waals surface area contributed by atoms with Crippen molar-refractivity contribution in [3.8, 4) is 6.07 Å². The van der Waals surface area contributed by atoms with Gasteiger partial charge in [0.1, 0.15) is 12.1 Å². The molecule has 0 unspecified atom stereocenters. The zero-order chi connectivity index (χ0) is 26.3. The van der Waals surface area contributed by atoms with Crippen LogP contribution in [0.1, 0.15) is 34.3 Å². The van der Waals surface area contributed by atoms with Crippen LogP contribution in [0.2, 0.25) is 0 Å². The monoisotopic (exact) mass is 510 g/mol. The maximum absolute atomic E-state index is 13.3. The number of halogens is 6. The van der Waals surface area contributed by atoms with Crippen molar-refractivity contribution < 1.29 is 35.9 Å². The second kappa shape index (κ2) is 9.04. The molecule has 0 N–H and O–H groups in total. The van der Waals surface area contributed by atoms with Crippen LogP contribution in [0.5, 0.6) is 0 Å². The number of nitrogens with zero attached hydrogens (tertiary/aromatic N) is 4. The van der Waals surface area contributed by atoms with E-state index in [0.717, 1.165) is 10.6 Å². The maximum Gasteiger partial charge on any atom is 0.416 e. The first kappa shape index (κ1) is 25.3. The molecule has 0 atom stereocenters. The number of nitriles is 1. The fourth-order valence-corrected chi connectivity index (χ4v) is 4.75. The van der Waals surface area contributed by atoms with Crippen LogP contribution in [0, 0.1) is 11.3 Å². The molecule has 2 heterocycles. The lowest BCUT2D eigenvalue weighted by molar-refractivity contribution is -0.143. The van der Waals surface area contributed by atoms with E-state index in [4.69, 9.17) is 5.26 Å². The third kappa shape index (κ3) is 4.57. The smallest absolute Gasteiger partial charge is 0.339 e. The van der Waals surface area contributed by atoms with Gasteiger partial charge in [-0.15, -0.1) is 0 Å². The Hall–Kier alpha value is -3.75. The standard InChI is InChI=1S/C24H20F6N4O2/c25-23(26,27)17-12-16(13-18(14-17)24(28,29)30)20(35)32-9-6-22(7-10-32)21(36)33(11-8-31)15-34(22)19-4-2-1-3-5-19/h1-5,12-14H,6-7,9-11,15H2. The van der Waals surface area contributed by atoms with E-state index in [2.05, 4.69) is 0 Å². The first-order valence-electron chi connectivity index (χ1n) is 10.9. The molecule has 2 saturated heterocycles. The molecule has 2 fully saturated rings. The lowest BCUT2D eigenvalue weighted by Crippen LogP contribution is -2.57. The third-order valence-electron chi connectivity index (χ3n) is 6.56. The highest BCUT2D eigenvalue weighted by Gasteiger charge is 2.54. The molecule has 2 aromatic rings. The summed E-state index contributed by atoms with van der Waals surface area (Å²) in [5.74, 6) is -1.29. The predicted molar refractivity (Wildman–Crippen MR) is 115 cm³/mol. The van der Waals surface area contributed by atoms with E-state index in [1.54, 1.807) is 30.3 Å². The van der Waals surface area contributed by atoms with Crippen molar-refractivity contribution in [2.45, 2.75) is 30.7 Å². The van der Waals surface area contributed by atoms with E-state index < -0.39 is 40.5 Å². The minimum atomic E-state index is -5.07. The van der Waals surface area contributed by atoms with E-state index in [1.807, 2.05) is 11.0 Å².